The highest BCUT2D eigenvalue weighted by atomic mass is 16.5. The van der Waals surface area contributed by atoms with E-state index in [0.717, 1.165) is 6.54 Å². The first-order valence-corrected chi connectivity index (χ1v) is 5.81. The molecular formula is C13H17NO3. The Morgan fingerprint density at radius 1 is 1.53 bits per heavy atom. The molecule has 0 radical (unpaired) electrons. The quantitative estimate of drug-likeness (QED) is 0.789. The molecule has 1 aromatic carbocycles. The molecule has 92 valence electrons. The predicted octanol–water partition coefficient (Wildman–Crippen LogP) is 1.82. The van der Waals surface area contributed by atoms with Gasteiger partial charge in [0.25, 0.3) is 0 Å². The molecule has 1 atom stereocenters. The monoisotopic (exact) mass is 235 g/mol. The maximum absolute atomic E-state index is 11.3. The van der Waals surface area contributed by atoms with Crippen LogP contribution in [-0.2, 0) is 4.79 Å². The molecular weight excluding hydrogens is 218 g/mol. The van der Waals surface area contributed by atoms with E-state index in [1.165, 1.54) is 12.8 Å². The molecule has 0 aromatic heterocycles. The van der Waals surface area contributed by atoms with Crippen LogP contribution in [-0.4, -0.2) is 24.7 Å². The van der Waals surface area contributed by atoms with Crippen molar-refractivity contribution >= 4 is 5.97 Å². The van der Waals surface area contributed by atoms with Gasteiger partial charge in [0.15, 0.2) is 0 Å². The minimum Gasteiger partial charge on any atom is -0.496 e. The fourth-order valence-electron chi connectivity index (χ4n) is 1.84. The molecule has 1 unspecified atom stereocenters. The molecule has 0 amide bonds. The minimum absolute atomic E-state index is 0.614. The van der Waals surface area contributed by atoms with Crippen LogP contribution in [0.5, 0.6) is 5.75 Å². The second kappa shape index (κ2) is 5.19. The first kappa shape index (κ1) is 11.9. The van der Waals surface area contributed by atoms with Crippen LogP contribution >= 0.6 is 0 Å². The number of carboxylic acids is 1. The van der Waals surface area contributed by atoms with Crippen molar-refractivity contribution in [1.82, 2.24) is 5.32 Å². The molecule has 2 N–H and O–H groups in total. The summed E-state index contributed by atoms with van der Waals surface area (Å²) in [4.78, 5) is 11.3. The Morgan fingerprint density at radius 3 is 2.82 bits per heavy atom. The van der Waals surface area contributed by atoms with Crippen LogP contribution in [0.4, 0.5) is 0 Å². The number of hydrogen-bond acceptors (Lipinski definition) is 3. The van der Waals surface area contributed by atoms with Crippen LogP contribution in [0.25, 0.3) is 0 Å². The van der Waals surface area contributed by atoms with E-state index in [2.05, 4.69) is 5.32 Å². The zero-order chi connectivity index (χ0) is 12.3. The molecule has 1 fully saturated rings. The van der Waals surface area contributed by atoms with Crippen LogP contribution in [0.1, 0.15) is 24.4 Å². The third-order valence-corrected chi connectivity index (χ3v) is 3.00. The van der Waals surface area contributed by atoms with E-state index in [-0.39, 0.29) is 0 Å². The average molecular weight is 235 g/mol. The van der Waals surface area contributed by atoms with Crippen molar-refractivity contribution in [2.75, 3.05) is 13.7 Å². The van der Waals surface area contributed by atoms with Crippen LogP contribution in [0.2, 0.25) is 0 Å². The number of hydrogen-bond donors (Lipinski definition) is 2. The number of rotatable bonds is 6. The summed E-state index contributed by atoms with van der Waals surface area (Å²) in [6, 6.07) is 6.54. The molecule has 0 bridgehead atoms. The lowest BCUT2D eigenvalue weighted by molar-refractivity contribution is -0.139. The lowest BCUT2D eigenvalue weighted by atomic mass is 10.1. The highest BCUT2D eigenvalue weighted by Gasteiger charge is 2.27. The standard InChI is InChI=1S/C13H17NO3/c1-17-11-5-3-2-4-10(11)12(13(15)16)14-8-9-6-7-9/h2-5,9,12,14H,6-8H2,1H3,(H,15,16). The van der Waals surface area contributed by atoms with Crippen LogP contribution in [0.3, 0.4) is 0 Å². The van der Waals surface area contributed by atoms with Gasteiger partial charge in [-0.1, -0.05) is 18.2 Å². The van der Waals surface area contributed by atoms with E-state index in [4.69, 9.17) is 4.74 Å². The third kappa shape index (κ3) is 2.97. The SMILES string of the molecule is COc1ccccc1C(NCC1CC1)C(=O)O. The normalized spacial score (nSPS) is 16.5. The number of aliphatic carboxylic acids is 1. The highest BCUT2D eigenvalue weighted by Crippen LogP contribution is 2.30. The summed E-state index contributed by atoms with van der Waals surface area (Å²) >= 11 is 0. The summed E-state index contributed by atoms with van der Waals surface area (Å²) in [7, 11) is 1.55. The Balaban J connectivity index is 2.14. The van der Waals surface area contributed by atoms with E-state index >= 15 is 0 Å². The second-order valence-electron chi connectivity index (χ2n) is 4.36. The molecule has 4 heteroatoms. The zero-order valence-corrected chi connectivity index (χ0v) is 9.85. The smallest absolute Gasteiger partial charge is 0.325 e. The maximum Gasteiger partial charge on any atom is 0.325 e. The average Bonchev–Trinajstić information content (AvgIpc) is 3.13. The summed E-state index contributed by atoms with van der Waals surface area (Å²) in [6.07, 6.45) is 2.40. The van der Waals surface area contributed by atoms with E-state index in [0.29, 0.717) is 17.2 Å². The minimum atomic E-state index is -0.866. The van der Waals surface area contributed by atoms with Crippen molar-refractivity contribution in [3.05, 3.63) is 29.8 Å². The maximum atomic E-state index is 11.3. The fourth-order valence-corrected chi connectivity index (χ4v) is 1.84. The van der Waals surface area contributed by atoms with Crippen molar-refractivity contribution in [2.45, 2.75) is 18.9 Å². The summed E-state index contributed by atoms with van der Waals surface area (Å²) in [6.45, 7) is 0.759. The summed E-state index contributed by atoms with van der Waals surface area (Å²) in [5, 5.41) is 12.4. The largest absolute Gasteiger partial charge is 0.496 e. The van der Waals surface area contributed by atoms with Crippen molar-refractivity contribution < 1.29 is 14.6 Å². The molecule has 1 aromatic rings. The van der Waals surface area contributed by atoms with Gasteiger partial charge in [0.2, 0.25) is 0 Å². The lowest BCUT2D eigenvalue weighted by Crippen LogP contribution is -2.30. The van der Waals surface area contributed by atoms with Gasteiger partial charge >= 0.3 is 5.97 Å². The van der Waals surface area contributed by atoms with E-state index in [9.17, 15) is 9.90 Å². The number of benzene rings is 1. The van der Waals surface area contributed by atoms with Crippen LogP contribution in [0.15, 0.2) is 24.3 Å². The van der Waals surface area contributed by atoms with Gasteiger partial charge in [-0.2, -0.15) is 0 Å². The van der Waals surface area contributed by atoms with Gasteiger partial charge in [0.05, 0.1) is 7.11 Å². The Bertz CT molecular complexity index is 401. The van der Waals surface area contributed by atoms with Gasteiger partial charge in [-0.3, -0.25) is 4.79 Å². The third-order valence-electron chi connectivity index (χ3n) is 3.00. The molecule has 0 heterocycles. The van der Waals surface area contributed by atoms with Gasteiger partial charge in [0, 0.05) is 5.56 Å². The zero-order valence-electron chi connectivity index (χ0n) is 9.85. The first-order chi connectivity index (χ1) is 8.22. The van der Waals surface area contributed by atoms with Gasteiger partial charge in [-0.15, -0.1) is 0 Å². The molecule has 0 spiro atoms. The Hall–Kier alpha value is -1.55. The van der Waals surface area contributed by atoms with E-state index in [1.807, 2.05) is 12.1 Å². The number of ether oxygens (including phenoxy) is 1. The van der Waals surface area contributed by atoms with E-state index in [1.54, 1.807) is 19.2 Å². The van der Waals surface area contributed by atoms with Crippen molar-refractivity contribution in [3.63, 3.8) is 0 Å². The molecule has 17 heavy (non-hydrogen) atoms. The number of nitrogens with one attached hydrogen (secondary N) is 1. The molecule has 0 saturated heterocycles. The molecule has 0 aliphatic heterocycles. The molecule has 1 aliphatic carbocycles. The molecule has 4 nitrogen and oxygen atoms in total. The molecule has 1 aliphatic rings. The van der Waals surface area contributed by atoms with Crippen LogP contribution in [0, 0.1) is 5.92 Å². The van der Waals surface area contributed by atoms with Gasteiger partial charge in [-0.25, -0.2) is 0 Å². The van der Waals surface area contributed by atoms with Gasteiger partial charge in [-0.05, 0) is 31.4 Å². The topological polar surface area (TPSA) is 58.6 Å². The van der Waals surface area contributed by atoms with Gasteiger partial charge in [0.1, 0.15) is 11.8 Å². The summed E-state index contributed by atoms with van der Waals surface area (Å²) < 4.78 is 5.20. The second-order valence-corrected chi connectivity index (χ2v) is 4.36. The Kier molecular flexibility index (Phi) is 3.64. The molecule has 2 rings (SSSR count). The first-order valence-electron chi connectivity index (χ1n) is 5.81. The predicted molar refractivity (Wildman–Crippen MR) is 64.1 cm³/mol. The fraction of sp³-hybridized carbons (Fsp3) is 0.462. The van der Waals surface area contributed by atoms with Crippen molar-refractivity contribution in [3.8, 4) is 5.75 Å². The Morgan fingerprint density at radius 2 is 2.24 bits per heavy atom. The number of carbonyl (C=O) groups is 1. The number of carboxylic acid groups (broad SMARTS) is 1. The number of para-hydroxylation sites is 1. The van der Waals surface area contributed by atoms with Gasteiger partial charge < -0.3 is 15.2 Å². The Labute approximate surface area is 101 Å². The van der Waals surface area contributed by atoms with E-state index < -0.39 is 12.0 Å². The number of methoxy groups -OCH3 is 1. The van der Waals surface area contributed by atoms with Crippen molar-refractivity contribution in [2.24, 2.45) is 5.92 Å². The summed E-state index contributed by atoms with van der Waals surface area (Å²) in [5.41, 5.74) is 0.683. The highest BCUT2D eigenvalue weighted by molar-refractivity contribution is 5.76. The lowest BCUT2D eigenvalue weighted by Gasteiger charge is -2.17. The summed E-state index contributed by atoms with van der Waals surface area (Å²) in [5.74, 6) is 0.393. The van der Waals surface area contributed by atoms with Crippen molar-refractivity contribution in [1.29, 1.82) is 0 Å². The van der Waals surface area contributed by atoms with Crippen LogP contribution < -0.4 is 10.1 Å². The molecule has 1 saturated carbocycles.